The molecule has 0 aliphatic rings. The number of allylic oxidation sites excluding steroid dienone is 2. The Bertz CT molecular complexity index is 180. The number of hydrogen-bond acceptors (Lipinski definition) is 1. The van der Waals surface area contributed by atoms with Crippen molar-refractivity contribution < 1.29 is 0 Å². The summed E-state index contributed by atoms with van der Waals surface area (Å²) < 4.78 is 0. The van der Waals surface area contributed by atoms with Crippen LogP contribution in [0.3, 0.4) is 0 Å². The summed E-state index contributed by atoms with van der Waals surface area (Å²) in [4.78, 5) is 0. The van der Waals surface area contributed by atoms with Crippen molar-refractivity contribution in [2.24, 2.45) is 5.73 Å². The van der Waals surface area contributed by atoms with Crippen molar-refractivity contribution >= 4 is 26.2 Å². The third kappa shape index (κ3) is 20.9. The molecule has 0 saturated carbocycles. The van der Waals surface area contributed by atoms with Crippen LogP contribution >= 0.6 is 0 Å². The molecule has 0 aromatic carbocycles. The van der Waals surface area contributed by atoms with Gasteiger partial charge in [0.2, 0.25) is 0 Å². The van der Waals surface area contributed by atoms with Crippen LogP contribution in [0.5, 0.6) is 0 Å². The summed E-state index contributed by atoms with van der Waals surface area (Å²) >= 11 is 0. The zero-order valence-corrected chi connectivity index (χ0v) is 19.5. The van der Waals surface area contributed by atoms with E-state index >= 15 is 0 Å². The first kappa shape index (κ1) is 22.9. The average molecular weight is 480 g/mol. The first-order valence-corrected chi connectivity index (χ1v) is 8.77. The molecule has 0 aromatic rings. The second kappa shape index (κ2) is 21.9. The van der Waals surface area contributed by atoms with Crippen LogP contribution in [0.25, 0.3) is 0 Å². The van der Waals surface area contributed by atoms with Gasteiger partial charge in [-0.2, -0.15) is 0 Å². The number of unbranched alkanes of at least 4 members (excludes halogenated alkanes) is 12. The van der Waals surface area contributed by atoms with Crippen LogP contribution < -0.4 is 5.73 Å². The molecule has 0 saturated heterocycles. The van der Waals surface area contributed by atoms with Crippen molar-refractivity contribution in [3.8, 4) is 0 Å². The van der Waals surface area contributed by atoms with Crippen LogP contribution in [0.2, 0.25) is 0 Å². The molecule has 0 aliphatic heterocycles. The Morgan fingerprint density at radius 3 is 1.45 bits per heavy atom. The first-order chi connectivity index (χ1) is 9.41. The molecule has 0 amide bonds. The fraction of sp³-hybridized carbons (Fsp3) is 0.889. The van der Waals surface area contributed by atoms with E-state index in [1.807, 2.05) is 0 Å². The molecule has 2 N–H and O–H groups in total. The minimum absolute atomic E-state index is 0. The van der Waals surface area contributed by atoms with Gasteiger partial charge in [-0.1, -0.05) is 76.9 Å². The van der Waals surface area contributed by atoms with Crippen molar-refractivity contribution in [1.29, 1.82) is 0 Å². The van der Waals surface area contributed by atoms with Crippen LogP contribution in [-0.2, 0) is 0 Å². The van der Waals surface area contributed by atoms with Crippen LogP contribution in [0.4, 0.5) is 0 Å². The van der Waals surface area contributed by atoms with E-state index in [-0.39, 0.29) is 26.2 Å². The Hall–Kier alpha value is 0.583. The summed E-state index contributed by atoms with van der Waals surface area (Å²) in [7, 11) is 0. The molecule has 122 valence electrons. The summed E-state index contributed by atoms with van der Waals surface area (Å²) in [6.45, 7) is 3.14. The fourth-order valence-corrected chi connectivity index (χ4v) is 2.39. The molecule has 0 atom stereocenters. The summed E-state index contributed by atoms with van der Waals surface area (Å²) in [5.74, 6) is 0. The van der Waals surface area contributed by atoms with Gasteiger partial charge in [0.1, 0.15) is 0 Å². The van der Waals surface area contributed by atoms with Gasteiger partial charge in [0.05, 0.1) is 0 Å². The van der Waals surface area contributed by atoms with Crippen LogP contribution in [0.1, 0.15) is 96.8 Å². The predicted octanol–water partition coefficient (Wildman–Crippen LogP) is 4.80. The Balaban J connectivity index is 0. The van der Waals surface area contributed by atoms with Crippen LogP contribution in [0, 0.1) is 0 Å². The predicted molar refractivity (Wildman–Crippen MR) is 98.4 cm³/mol. The molecule has 0 unspecified atom stereocenters. The maximum atomic E-state index is 5.47. The van der Waals surface area contributed by atoms with Crippen LogP contribution in [0.15, 0.2) is 12.2 Å². The molecule has 0 radical (unpaired) electrons. The van der Waals surface area contributed by atoms with E-state index in [4.69, 9.17) is 5.73 Å². The Kier molecular flexibility index (Phi) is 25.0. The molecule has 1 nitrogen and oxygen atoms in total. The summed E-state index contributed by atoms with van der Waals surface area (Å²) in [5.41, 5.74) is 5.47. The van der Waals surface area contributed by atoms with Gasteiger partial charge in [-0.3, -0.25) is 0 Å². The molecule has 20 heavy (non-hydrogen) atoms. The molecule has 2 heteroatoms. The van der Waals surface area contributed by atoms with Crippen molar-refractivity contribution in [3.05, 3.63) is 12.2 Å². The average Bonchev–Trinajstić information content (AvgIpc) is 2.43. The quantitative estimate of drug-likeness (QED) is 0.204. The minimum atomic E-state index is 0. The molecule has 0 aromatic heterocycles. The van der Waals surface area contributed by atoms with Crippen LogP contribution in [-0.4, -0.2) is 32.7 Å². The number of nitrogens with two attached hydrogens (primary N) is 1. The second-order valence-corrected chi connectivity index (χ2v) is 5.73. The van der Waals surface area contributed by atoms with Crippen molar-refractivity contribution in [2.45, 2.75) is 96.8 Å². The van der Waals surface area contributed by atoms with E-state index in [1.54, 1.807) is 0 Å². The summed E-state index contributed by atoms with van der Waals surface area (Å²) in [6, 6.07) is 0. The molecule has 0 bridgehead atoms. The Morgan fingerprint density at radius 1 is 0.600 bits per heavy atom. The van der Waals surface area contributed by atoms with E-state index < -0.39 is 0 Å². The number of hydrogen-bond donors (Lipinski definition) is 1. The molecule has 0 heterocycles. The van der Waals surface area contributed by atoms with Gasteiger partial charge in [0.15, 0.2) is 0 Å². The van der Waals surface area contributed by atoms with Gasteiger partial charge in [-0.25, -0.2) is 0 Å². The standard InChI is InChI=1S/C18H37N.Bi.3H/c1-2-3-4-5-6-7-8-9-10-11-12-13-14-15-16-17-18-19;;;;/h9-10H,2-8,11-19H2,1H3;;;;/b10-9-;;;;. The molecule has 0 aliphatic carbocycles. The summed E-state index contributed by atoms with van der Waals surface area (Å²) in [5, 5.41) is 0. The van der Waals surface area contributed by atoms with Gasteiger partial charge in [-0.05, 0) is 38.6 Å². The Labute approximate surface area is 147 Å². The van der Waals surface area contributed by atoms with Gasteiger partial charge < -0.3 is 5.73 Å². The van der Waals surface area contributed by atoms with Crippen molar-refractivity contribution in [1.82, 2.24) is 0 Å². The van der Waals surface area contributed by atoms with Gasteiger partial charge in [-0.15, -0.1) is 0 Å². The molecule has 0 rings (SSSR count). The van der Waals surface area contributed by atoms with Gasteiger partial charge in [0, 0.05) is 0 Å². The molecular weight excluding hydrogens is 439 g/mol. The Morgan fingerprint density at radius 2 is 1.00 bits per heavy atom. The monoisotopic (exact) mass is 479 g/mol. The zero-order valence-electron chi connectivity index (χ0n) is 14.0. The zero-order chi connectivity index (χ0) is 14.0. The van der Waals surface area contributed by atoms with Crippen molar-refractivity contribution in [2.75, 3.05) is 6.54 Å². The van der Waals surface area contributed by atoms with E-state index in [0.29, 0.717) is 0 Å². The topological polar surface area (TPSA) is 26.0 Å². The third-order valence-corrected chi connectivity index (χ3v) is 3.72. The first-order valence-electron chi connectivity index (χ1n) is 8.77. The van der Waals surface area contributed by atoms with E-state index in [2.05, 4.69) is 19.1 Å². The maximum absolute atomic E-state index is 5.47. The summed E-state index contributed by atoms with van der Waals surface area (Å²) in [6.07, 6.45) is 23.9. The molecule has 0 fully saturated rings. The third-order valence-electron chi connectivity index (χ3n) is 3.72. The number of rotatable bonds is 15. The van der Waals surface area contributed by atoms with E-state index in [9.17, 15) is 0 Å². The SMILES string of the molecule is CCCCCCCC/C=C\CCCCCCCCN.[BiH3]. The fourth-order valence-electron chi connectivity index (χ4n) is 2.39. The van der Waals surface area contributed by atoms with E-state index in [0.717, 1.165) is 6.54 Å². The normalized spacial score (nSPS) is 10.9. The van der Waals surface area contributed by atoms with Crippen molar-refractivity contribution in [3.63, 3.8) is 0 Å². The molecule has 0 spiro atoms. The van der Waals surface area contributed by atoms with Gasteiger partial charge in [0.25, 0.3) is 0 Å². The van der Waals surface area contributed by atoms with Gasteiger partial charge >= 0.3 is 26.2 Å². The van der Waals surface area contributed by atoms with E-state index in [1.165, 1.54) is 89.9 Å². The second-order valence-electron chi connectivity index (χ2n) is 5.73. The molecular formula is C18H40BiN.